The first-order valence-corrected chi connectivity index (χ1v) is 6.77. The number of nitrogens with one attached hydrogen (secondary N) is 1. The molecular formula is C14H16FNOS. The molecule has 1 aromatic heterocycles. The first-order valence-electron chi connectivity index (χ1n) is 5.95. The standard InChI is InChI=1S/C14H16FNOS/c1-2-11-6-7-12(18-11)9-16-8-10-4-3-5-13(15)14(10)17/h3-7,16-17H,2,8-9H2,1H3. The zero-order chi connectivity index (χ0) is 13.0. The molecule has 96 valence electrons. The zero-order valence-electron chi connectivity index (χ0n) is 10.2. The van der Waals surface area contributed by atoms with Crippen LogP contribution in [0.15, 0.2) is 30.3 Å². The lowest BCUT2D eigenvalue weighted by molar-refractivity contribution is 0.423. The molecule has 0 saturated carbocycles. The Bertz CT molecular complexity index is 524. The summed E-state index contributed by atoms with van der Waals surface area (Å²) in [5.74, 6) is -0.830. The molecule has 0 unspecified atom stereocenters. The lowest BCUT2D eigenvalue weighted by Crippen LogP contribution is -2.12. The van der Waals surface area contributed by atoms with Crippen LogP contribution in [0.5, 0.6) is 5.75 Å². The van der Waals surface area contributed by atoms with E-state index in [9.17, 15) is 9.50 Å². The molecule has 0 spiro atoms. The fraction of sp³-hybridized carbons (Fsp3) is 0.286. The maximum Gasteiger partial charge on any atom is 0.165 e. The Kier molecular flexibility index (Phi) is 4.33. The van der Waals surface area contributed by atoms with Crippen molar-refractivity contribution in [2.45, 2.75) is 26.4 Å². The maximum atomic E-state index is 13.1. The summed E-state index contributed by atoms with van der Waals surface area (Å²) >= 11 is 1.78. The molecular weight excluding hydrogens is 249 g/mol. The summed E-state index contributed by atoms with van der Waals surface area (Å²) in [5.41, 5.74) is 0.585. The molecule has 0 fully saturated rings. The van der Waals surface area contributed by atoms with E-state index in [2.05, 4.69) is 24.4 Å². The second-order valence-electron chi connectivity index (χ2n) is 4.07. The second kappa shape index (κ2) is 5.98. The SMILES string of the molecule is CCc1ccc(CNCc2cccc(F)c2O)s1. The quantitative estimate of drug-likeness (QED) is 0.868. The number of halogens is 1. The monoisotopic (exact) mass is 265 g/mol. The van der Waals surface area contributed by atoms with Gasteiger partial charge in [0.25, 0.3) is 0 Å². The van der Waals surface area contributed by atoms with Crippen LogP contribution in [0.1, 0.15) is 22.2 Å². The van der Waals surface area contributed by atoms with Gasteiger partial charge in [0.2, 0.25) is 0 Å². The highest BCUT2D eigenvalue weighted by molar-refractivity contribution is 7.11. The fourth-order valence-electron chi connectivity index (χ4n) is 1.73. The summed E-state index contributed by atoms with van der Waals surface area (Å²) in [6.07, 6.45) is 1.05. The number of rotatable bonds is 5. The van der Waals surface area contributed by atoms with Gasteiger partial charge in [-0.3, -0.25) is 0 Å². The molecule has 4 heteroatoms. The van der Waals surface area contributed by atoms with Crippen molar-refractivity contribution < 1.29 is 9.50 Å². The predicted octanol–water partition coefficient (Wildman–Crippen LogP) is 3.45. The van der Waals surface area contributed by atoms with E-state index >= 15 is 0 Å². The topological polar surface area (TPSA) is 32.3 Å². The van der Waals surface area contributed by atoms with Crippen LogP contribution in [0.25, 0.3) is 0 Å². The Labute approximate surface area is 110 Å². The van der Waals surface area contributed by atoms with Crippen LogP contribution >= 0.6 is 11.3 Å². The molecule has 0 saturated heterocycles. The van der Waals surface area contributed by atoms with Crippen molar-refractivity contribution >= 4 is 11.3 Å². The smallest absolute Gasteiger partial charge is 0.165 e. The van der Waals surface area contributed by atoms with Crippen LogP contribution in [-0.2, 0) is 19.5 Å². The summed E-state index contributed by atoms with van der Waals surface area (Å²) in [5, 5.41) is 12.7. The normalized spacial score (nSPS) is 10.8. The number of benzene rings is 1. The van der Waals surface area contributed by atoms with E-state index in [1.807, 2.05) is 0 Å². The second-order valence-corrected chi connectivity index (χ2v) is 5.33. The van der Waals surface area contributed by atoms with Gasteiger partial charge >= 0.3 is 0 Å². The summed E-state index contributed by atoms with van der Waals surface area (Å²) in [7, 11) is 0. The molecule has 0 radical (unpaired) electrons. The average Bonchev–Trinajstić information content (AvgIpc) is 2.82. The predicted molar refractivity (Wildman–Crippen MR) is 72.3 cm³/mol. The number of aryl methyl sites for hydroxylation is 1. The van der Waals surface area contributed by atoms with Crippen molar-refractivity contribution in [1.82, 2.24) is 5.32 Å². The van der Waals surface area contributed by atoms with Gasteiger partial charge in [-0.15, -0.1) is 11.3 Å². The number of phenolic OH excluding ortho intramolecular Hbond substituents is 1. The van der Waals surface area contributed by atoms with E-state index in [0.29, 0.717) is 12.1 Å². The number of phenols is 1. The minimum atomic E-state index is -0.571. The third-order valence-corrected chi connectivity index (χ3v) is 3.98. The number of hydrogen-bond donors (Lipinski definition) is 2. The Morgan fingerprint density at radius 1 is 1.17 bits per heavy atom. The average molecular weight is 265 g/mol. The van der Waals surface area contributed by atoms with Crippen LogP contribution in [0.4, 0.5) is 4.39 Å². The zero-order valence-corrected chi connectivity index (χ0v) is 11.1. The molecule has 2 aromatic rings. The Morgan fingerprint density at radius 3 is 2.67 bits per heavy atom. The van der Waals surface area contributed by atoms with E-state index in [1.54, 1.807) is 23.5 Å². The summed E-state index contributed by atoms with van der Waals surface area (Å²) < 4.78 is 13.1. The molecule has 0 bridgehead atoms. The highest BCUT2D eigenvalue weighted by Gasteiger charge is 2.06. The maximum absolute atomic E-state index is 13.1. The van der Waals surface area contributed by atoms with Crippen molar-refractivity contribution in [2.75, 3.05) is 0 Å². The van der Waals surface area contributed by atoms with E-state index < -0.39 is 5.82 Å². The van der Waals surface area contributed by atoms with Crippen LogP contribution in [0.3, 0.4) is 0 Å². The molecule has 2 nitrogen and oxygen atoms in total. The van der Waals surface area contributed by atoms with Crippen molar-refractivity contribution in [3.8, 4) is 5.75 Å². The Morgan fingerprint density at radius 2 is 1.94 bits per heavy atom. The molecule has 2 N–H and O–H groups in total. The molecule has 2 rings (SSSR count). The van der Waals surface area contributed by atoms with E-state index in [4.69, 9.17) is 0 Å². The summed E-state index contributed by atoms with van der Waals surface area (Å²) in [6, 6.07) is 8.80. The molecule has 0 aliphatic heterocycles. The third-order valence-electron chi connectivity index (χ3n) is 2.75. The van der Waals surface area contributed by atoms with Crippen molar-refractivity contribution in [2.24, 2.45) is 0 Å². The van der Waals surface area contributed by atoms with Gasteiger partial charge in [-0.05, 0) is 24.6 Å². The number of thiophene rings is 1. The lowest BCUT2D eigenvalue weighted by atomic mass is 10.2. The van der Waals surface area contributed by atoms with Crippen LogP contribution in [0.2, 0.25) is 0 Å². The van der Waals surface area contributed by atoms with Gasteiger partial charge in [-0.25, -0.2) is 4.39 Å². The number of aromatic hydroxyl groups is 1. The number of para-hydroxylation sites is 1. The first-order chi connectivity index (χ1) is 8.70. The van der Waals surface area contributed by atoms with Gasteiger partial charge in [0, 0.05) is 28.4 Å². The minimum Gasteiger partial charge on any atom is -0.505 e. The van der Waals surface area contributed by atoms with Crippen LogP contribution < -0.4 is 5.32 Å². The summed E-state index contributed by atoms with van der Waals surface area (Å²) in [4.78, 5) is 2.61. The van der Waals surface area contributed by atoms with Gasteiger partial charge in [-0.2, -0.15) is 0 Å². The molecule has 1 aromatic carbocycles. The largest absolute Gasteiger partial charge is 0.505 e. The van der Waals surface area contributed by atoms with Gasteiger partial charge in [0.05, 0.1) is 0 Å². The highest BCUT2D eigenvalue weighted by Crippen LogP contribution is 2.21. The van der Waals surface area contributed by atoms with E-state index in [0.717, 1.165) is 13.0 Å². The van der Waals surface area contributed by atoms with Gasteiger partial charge in [0.1, 0.15) is 0 Å². The summed E-state index contributed by atoms with van der Waals surface area (Å²) in [6.45, 7) is 3.33. The van der Waals surface area contributed by atoms with Gasteiger partial charge in [-0.1, -0.05) is 19.1 Å². The molecule has 0 aliphatic carbocycles. The molecule has 0 atom stereocenters. The Hall–Kier alpha value is -1.39. The van der Waals surface area contributed by atoms with Crippen molar-refractivity contribution in [1.29, 1.82) is 0 Å². The number of hydrogen-bond acceptors (Lipinski definition) is 3. The van der Waals surface area contributed by atoms with Crippen molar-refractivity contribution in [3.05, 3.63) is 51.5 Å². The third kappa shape index (κ3) is 3.09. The minimum absolute atomic E-state index is 0.259. The van der Waals surface area contributed by atoms with Crippen molar-refractivity contribution in [3.63, 3.8) is 0 Å². The molecule has 1 heterocycles. The fourth-order valence-corrected chi connectivity index (χ4v) is 2.66. The van der Waals surface area contributed by atoms with Crippen LogP contribution in [-0.4, -0.2) is 5.11 Å². The molecule has 18 heavy (non-hydrogen) atoms. The first kappa shape index (κ1) is 13.1. The van der Waals surface area contributed by atoms with E-state index in [-0.39, 0.29) is 5.75 Å². The van der Waals surface area contributed by atoms with E-state index in [1.165, 1.54) is 15.8 Å². The molecule has 0 aliphatic rings. The van der Waals surface area contributed by atoms with Crippen LogP contribution in [0, 0.1) is 5.82 Å². The Balaban J connectivity index is 1.90. The van der Waals surface area contributed by atoms with Gasteiger partial charge in [0.15, 0.2) is 11.6 Å². The lowest BCUT2D eigenvalue weighted by Gasteiger charge is -2.06. The highest BCUT2D eigenvalue weighted by atomic mass is 32.1. The van der Waals surface area contributed by atoms with Gasteiger partial charge < -0.3 is 10.4 Å². The molecule has 0 amide bonds.